The molecule has 1 saturated carbocycles. The summed E-state index contributed by atoms with van der Waals surface area (Å²) < 4.78 is 23.6. The molecule has 0 aromatic heterocycles. The fraction of sp³-hybridized carbons (Fsp3) is 0.895. The number of hydrogen-bond acceptors (Lipinski definition) is 4. The van der Waals surface area contributed by atoms with E-state index < -0.39 is 14.6 Å². The van der Waals surface area contributed by atoms with Crippen molar-refractivity contribution >= 4 is 21.7 Å². The van der Waals surface area contributed by atoms with Crippen molar-refractivity contribution in [2.75, 3.05) is 32.4 Å². The van der Waals surface area contributed by atoms with E-state index in [1.54, 1.807) is 27.8 Å². The van der Waals surface area contributed by atoms with Gasteiger partial charge in [-0.1, -0.05) is 19.3 Å². The fourth-order valence-corrected chi connectivity index (χ4v) is 4.67. The standard InChI is InChI=1S/C19H36N4O3S/c1-19(2,3)27(25,26)13-11-21-18(20-4)22-16-10-12-23(14-16)17(24)15-8-6-5-7-9-15/h15-16H,5-14H2,1-4H3,(H2,20,21,22). The van der Waals surface area contributed by atoms with Crippen molar-refractivity contribution in [3.05, 3.63) is 0 Å². The quantitative estimate of drug-likeness (QED) is 0.540. The molecule has 0 radical (unpaired) electrons. The predicted molar refractivity (Wildman–Crippen MR) is 110 cm³/mol. The minimum Gasteiger partial charge on any atom is -0.355 e. The number of nitrogens with zero attached hydrogens (tertiary/aromatic N) is 2. The molecule has 7 nitrogen and oxygen atoms in total. The predicted octanol–water partition coefficient (Wildman–Crippen LogP) is 1.55. The van der Waals surface area contributed by atoms with Crippen LogP contribution in [0.4, 0.5) is 0 Å². The molecule has 2 fully saturated rings. The van der Waals surface area contributed by atoms with E-state index >= 15 is 0 Å². The molecule has 1 amide bonds. The van der Waals surface area contributed by atoms with Gasteiger partial charge in [0.25, 0.3) is 0 Å². The minimum absolute atomic E-state index is 0.0636. The molecule has 1 atom stereocenters. The lowest BCUT2D eigenvalue weighted by Crippen LogP contribution is -2.47. The molecule has 27 heavy (non-hydrogen) atoms. The maximum atomic E-state index is 12.7. The van der Waals surface area contributed by atoms with E-state index in [2.05, 4.69) is 15.6 Å². The van der Waals surface area contributed by atoms with Crippen LogP contribution < -0.4 is 10.6 Å². The molecule has 8 heteroatoms. The Hall–Kier alpha value is -1.31. The normalized spacial score (nSPS) is 22.7. The second-order valence-corrected chi connectivity index (χ2v) is 11.5. The van der Waals surface area contributed by atoms with Gasteiger partial charge in [0.1, 0.15) is 0 Å². The third kappa shape index (κ3) is 6.09. The summed E-state index contributed by atoms with van der Waals surface area (Å²) in [5, 5.41) is 6.42. The monoisotopic (exact) mass is 400 g/mol. The van der Waals surface area contributed by atoms with Gasteiger partial charge >= 0.3 is 0 Å². The van der Waals surface area contributed by atoms with Crippen LogP contribution in [-0.4, -0.2) is 68.4 Å². The summed E-state index contributed by atoms with van der Waals surface area (Å²) in [4.78, 5) is 18.8. The molecule has 1 unspecified atom stereocenters. The van der Waals surface area contributed by atoms with Crippen LogP contribution >= 0.6 is 0 Å². The molecule has 156 valence electrons. The highest BCUT2D eigenvalue weighted by Gasteiger charge is 2.32. The topological polar surface area (TPSA) is 90.9 Å². The molecule has 0 aromatic carbocycles. The van der Waals surface area contributed by atoms with E-state index in [9.17, 15) is 13.2 Å². The largest absolute Gasteiger partial charge is 0.355 e. The molecule has 2 N–H and O–H groups in total. The molecule has 1 saturated heterocycles. The Morgan fingerprint density at radius 2 is 1.81 bits per heavy atom. The van der Waals surface area contributed by atoms with E-state index in [0.717, 1.165) is 25.8 Å². The molecule has 1 heterocycles. The van der Waals surface area contributed by atoms with Crippen molar-refractivity contribution in [1.82, 2.24) is 15.5 Å². The van der Waals surface area contributed by atoms with Crippen molar-refractivity contribution in [3.63, 3.8) is 0 Å². The van der Waals surface area contributed by atoms with Gasteiger partial charge in [0.2, 0.25) is 5.91 Å². The second kappa shape index (κ2) is 9.26. The molecule has 1 aliphatic heterocycles. The van der Waals surface area contributed by atoms with Gasteiger partial charge in [-0.15, -0.1) is 0 Å². The second-order valence-electron chi connectivity index (χ2n) is 8.68. The van der Waals surface area contributed by atoms with Gasteiger partial charge in [-0.25, -0.2) is 8.42 Å². The number of aliphatic imine (C=N–C) groups is 1. The first-order valence-corrected chi connectivity index (χ1v) is 11.8. The van der Waals surface area contributed by atoms with Gasteiger partial charge in [-0.05, 0) is 40.0 Å². The van der Waals surface area contributed by atoms with E-state index in [4.69, 9.17) is 0 Å². The van der Waals surface area contributed by atoms with Gasteiger partial charge in [0.05, 0.1) is 10.5 Å². The van der Waals surface area contributed by atoms with E-state index in [0.29, 0.717) is 25.0 Å². The van der Waals surface area contributed by atoms with Gasteiger partial charge < -0.3 is 15.5 Å². The summed E-state index contributed by atoms with van der Waals surface area (Å²) in [6.07, 6.45) is 6.53. The first-order valence-electron chi connectivity index (χ1n) is 10.1. The Bertz CT molecular complexity index is 634. The first kappa shape index (κ1) is 22.0. The van der Waals surface area contributed by atoms with Crippen LogP contribution in [0, 0.1) is 5.92 Å². The number of guanidine groups is 1. The van der Waals surface area contributed by atoms with Crippen LogP contribution in [-0.2, 0) is 14.6 Å². The number of hydrogen-bond donors (Lipinski definition) is 2. The van der Waals surface area contributed by atoms with Gasteiger partial charge in [0.15, 0.2) is 15.8 Å². The van der Waals surface area contributed by atoms with Crippen molar-refractivity contribution < 1.29 is 13.2 Å². The van der Waals surface area contributed by atoms with Crippen LogP contribution in [0.15, 0.2) is 4.99 Å². The third-order valence-electron chi connectivity index (χ3n) is 5.62. The highest BCUT2D eigenvalue weighted by atomic mass is 32.2. The summed E-state index contributed by atoms with van der Waals surface area (Å²) in [6.45, 7) is 6.93. The Labute approximate surface area is 164 Å². The SMILES string of the molecule is CN=C(NCCS(=O)(=O)C(C)(C)C)NC1CCN(C(=O)C2CCCCC2)C1. The highest BCUT2D eigenvalue weighted by Crippen LogP contribution is 2.26. The van der Waals surface area contributed by atoms with E-state index in [1.807, 2.05) is 4.90 Å². The lowest BCUT2D eigenvalue weighted by molar-refractivity contribution is -0.135. The van der Waals surface area contributed by atoms with E-state index in [1.165, 1.54) is 19.3 Å². The van der Waals surface area contributed by atoms with E-state index in [-0.39, 0.29) is 17.7 Å². The molecule has 0 spiro atoms. The summed E-state index contributed by atoms with van der Waals surface area (Å²) in [5.74, 6) is 1.17. The molecule has 0 bridgehead atoms. The number of likely N-dealkylation sites (tertiary alicyclic amines) is 1. The Kier molecular flexibility index (Phi) is 7.54. The molecular weight excluding hydrogens is 364 g/mol. The van der Waals surface area contributed by atoms with Crippen molar-refractivity contribution in [3.8, 4) is 0 Å². The van der Waals surface area contributed by atoms with Crippen LogP contribution in [0.25, 0.3) is 0 Å². The molecule has 2 rings (SSSR count). The number of carbonyl (C=O) groups excluding carboxylic acids is 1. The molecule has 2 aliphatic rings. The zero-order chi connectivity index (χ0) is 20.1. The lowest BCUT2D eigenvalue weighted by Gasteiger charge is -2.26. The van der Waals surface area contributed by atoms with Crippen LogP contribution in [0.5, 0.6) is 0 Å². The van der Waals surface area contributed by atoms with Gasteiger partial charge in [-0.3, -0.25) is 9.79 Å². The Balaban J connectivity index is 1.78. The fourth-order valence-electron chi connectivity index (χ4n) is 3.68. The van der Waals surface area contributed by atoms with Crippen molar-refractivity contribution in [1.29, 1.82) is 0 Å². The molecule has 1 aliphatic carbocycles. The summed E-state index contributed by atoms with van der Waals surface area (Å²) in [5.41, 5.74) is 0. The Morgan fingerprint density at radius 3 is 2.41 bits per heavy atom. The number of amides is 1. The number of nitrogens with one attached hydrogen (secondary N) is 2. The average molecular weight is 401 g/mol. The summed E-state index contributed by atoms with van der Waals surface area (Å²) in [6, 6.07) is 0.156. The maximum absolute atomic E-state index is 12.7. The number of sulfone groups is 1. The van der Waals surface area contributed by atoms with Crippen LogP contribution in [0.2, 0.25) is 0 Å². The smallest absolute Gasteiger partial charge is 0.225 e. The number of rotatable bonds is 5. The zero-order valence-electron chi connectivity index (χ0n) is 17.3. The van der Waals surface area contributed by atoms with Crippen LogP contribution in [0.1, 0.15) is 59.3 Å². The highest BCUT2D eigenvalue weighted by molar-refractivity contribution is 7.92. The van der Waals surface area contributed by atoms with Crippen molar-refractivity contribution in [2.24, 2.45) is 10.9 Å². The zero-order valence-corrected chi connectivity index (χ0v) is 18.1. The first-order chi connectivity index (χ1) is 12.6. The molecule has 0 aromatic rings. The Morgan fingerprint density at radius 1 is 1.15 bits per heavy atom. The maximum Gasteiger partial charge on any atom is 0.225 e. The van der Waals surface area contributed by atoms with Crippen LogP contribution in [0.3, 0.4) is 0 Å². The van der Waals surface area contributed by atoms with Gasteiger partial charge in [0, 0.05) is 38.6 Å². The summed E-state index contributed by atoms with van der Waals surface area (Å²) in [7, 11) is -1.49. The number of carbonyl (C=O) groups is 1. The molecular formula is C19H36N4O3S. The average Bonchev–Trinajstić information content (AvgIpc) is 3.08. The minimum atomic E-state index is -3.16. The van der Waals surface area contributed by atoms with Crippen molar-refractivity contribution in [2.45, 2.75) is 70.1 Å². The van der Waals surface area contributed by atoms with Gasteiger partial charge in [-0.2, -0.15) is 0 Å². The lowest BCUT2D eigenvalue weighted by atomic mass is 9.88. The summed E-state index contributed by atoms with van der Waals surface area (Å²) >= 11 is 0. The third-order valence-corrected chi connectivity index (χ3v) is 8.22.